The predicted molar refractivity (Wildman–Crippen MR) is 184 cm³/mol. The number of sulfonamides is 1. The molecule has 13 nitrogen and oxygen atoms in total. The fraction of sp³-hybridized carbons (Fsp3) is 0.361. The Balaban J connectivity index is 1.24. The van der Waals surface area contributed by atoms with Crippen molar-refractivity contribution in [3.63, 3.8) is 0 Å². The lowest BCUT2D eigenvalue weighted by atomic mass is 9.97. The number of carbonyl (C=O) groups is 4. The van der Waals surface area contributed by atoms with Crippen molar-refractivity contribution < 1.29 is 37.1 Å². The van der Waals surface area contributed by atoms with Crippen LogP contribution in [-0.2, 0) is 19.6 Å². The van der Waals surface area contributed by atoms with Crippen LogP contribution in [0, 0.1) is 11.8 Å². The smallest absolute Gasteiger partial charge is 0.264 e. The molecule has 5 rings (SSSR count). The molecule has 4 N–H and O–H groups in total. The Morgan fingerprint density at radius 1 is 0.840 bits per heavy atom. The highest BCUT2D eigenvalue weighted by Crippen LogP contribution is 2.27. The van der Waals surface area contributed by atoms with E-state index >= 15 is 0 Å². The minimum absolute atomic E-state index is 0.0180. The zero-order chi connectivity index (χ0) is 36.2. The summed E-state index contributed by atoms with van der Waals surface area (Å²) >= 11 is 0. The number of rotatable bonds is 12. The SMILES string of the molecule is CC(C)[C@H](NC(=O)[C@@H]1CCCN1C(=O)[C@@H](NC(=O)c1ccc(C(=O)NS(=O)(=O)c2ccccc2)cc1)C(C)C)C(O)c1nc2ccccc2o1. The minimum Gasteiger partial charge on any atom is -0.438 e. The Labute approximate surface area is 290 Å². The van der Waals surface area contributed by atoms with E-state index in [0.29, 0.717) is 30.5 Å². The molecule has 1 saturated heterocycles. The van der Waals surface area contributed by atoms with Crippen LogP contribution in [0.15, 0.2) is 88.2 Å². The summed E-state index contributed by atoms with van der Waals surface area (Å²) in [5.74, 6) is -2.76. The molecular weight excluding hydrogens is 662 g/mol. The van der Waals surface area contributed by atoms with Gasteiger partial charge in [-0.15, -0.1) is 0 Å². The van der Waals surface area contributed by atoms with Crippen molar-refractivity contribution in [3.05, 3.63) is 95.9 Å². The van der Waals surface area contributed by atoms with Gasteiger partial charge < -0.3 is 25.1 Å². The summed E-state index contributed by atoms with van der Waals surface area (Å²) in [5.41, 5.74) is 1.26. The minimum atomic E-state index is -4.09. The molecular formula is C36H41N5O8S. The van der Waals surface area contributed by atoms with Crippen molar-refractivity contribution in [2.75, 3.05) is 6.54 Å². The molecule has 1 aliphatic rings. The van der Waals surface area contributed by atoms with Crippen molar-refractivity contribution in [2.45, 2.75) is 69.7 Å². The number of para-hydroxylation sites is 2. The number of aliphatic hydroxyl groups is 1. The van der Waals surface area contributed by atoms with Gasteiger partial charge in [0.1, 0.15) is 17.6 Å². The zero-order valence-electron chi connectivity index (χ0n) is 28.2. The normalized spacial score (nSPS) is 16.6. The largest absolute Gasteiger partial charge is 0.438 e. The predicted octanol–water partition coefficient (Wildman–Crippen LogP) is 3.57. The second-order valence-corrected chi connectivity index (χ2v) is 14.6. The monoisotopic (exact) mass is 703 g/mol. The highest BCUT2D eigenvalue weighted by Gasteiger charge is 2.40. The third kappa shape index (κ3) is 8.03. The second kappa shape index (κ2) is 15.2. The molecule has 1 aliphatic heterocycles. The van der Waals surface area contributed by atoms with Gasteiger partial charge in [-0.1, -0.05) is 58.0 Å². The summed E-state index contributed by atoms with van der Waals surface area (Å²) in [6.45, 7) is 7.57. The van der Waals surface area contributed by atoms with Gasteiger partial charge in [-0.05, 0) is 73.2 Å². The maximum Gasteiger partial charge on any atom is 0.264 e. The molecule has 4 aromatic rings. The van der Waals surface area contributed by atoms with E-state index in [0.717, 1.165) is 0 Å². The first kappa shape index (κ1) is 36.2. The molecule has 1 aromatic heterocycles. The lowest BCUT2D eigenvalue weighted by Gasteiger charge is -2.32. The number of aliphatic hydroxyl groups excluding tert-OH is 1. The highest BCUT2D eigenvalue weighted by atomic mass is 32.2. The van der Waals surface area contributed by atoms with E-state index in [1.165, 1.54) is 53.4 Å². The van der Waals surface area contributed by atoms with Crippen LogP contribution in [0.5, 0.6) is 0 Å². The van der Waals surface area contributed by atoms with Crippen LogP contribution >= 0.6 is 0 Å². The molecule has 14 heteroatoms. The average molecular weight is 704 g/mol. The average Bonchev–Trinajstić information content (AvgIpc) is 3.77. The molecule has 1 fully saturated rings. The van der Waals surface area contributed by atoms with Gasteiger partial charge in [0.05, 0.1) is 10.9 Å². The molecule has 4 atom stereocenters. The van der Waals surface area contributed by atoms with Crippen molar-refractivity contribution in [1.29, 1.82) is 0 Å². The van der Waals surface area contributed by atoms with Crippen LogP contribution in [-0.4, -0.2) is 71.7 Å². The highest BCUT2D eigenvalue weighted by molar-refractivity contribution is 7.90. The van der Waals surface area contributed by atoms with Crippen LogP contribution in [0.1, 0.15) is 73.2 Å². The number of amides is 4. The summed E-state index contributed by atoms with van der Waals surface area (Å²) in [6.07, 6.45) is -0.249. The molecule has 50 heavy (non-hydrogen) atoms. The molecule has 0 aliphatic carbocycles. The first-order valence-electron chi connectivity index (χ1n) is 16.4. The lowest BCUT2D eigenvalue weighted by Crippen LogP contribution is -2.56. The fourth-order valence-electron chi connectivity index (χ4n) is 5.87. The van der Waals surface area contributed by atoms with Crippen molar-refractivity contribution in [2.24, 2.45) is 11.8 Å². The number of fused-ring (bicyclic) bond motifs is 1. The molecule has 0 saturated carbocycles. The van der Waals surface area contributed by atoms with Crippen molar-refractivity contribution in [3.8, 4) is 0 Å². The third-order valence-corrected chi connectivity index (χ3v) is 10.0. The van der Waals surface area contributed by atoms with Gasteiger partial charge in [-0.3, -0.25) is 19.2 Å². The zero-order valence-corrected chi connectivity index (χ0v) is 29.0. The summed E-state index contributed by atoms with van der Waals surface area (Å²) in [5, 5.41) is 16.9. The maximum absolute atomic E-state index is 13.9. The summed E-state index contributed by atoms with van der Waals surface area (Å²) in [4.78, 5) is 59.3. The topological polar surface area (TPSA) is 188 Å². The van der Waals surface area contributed by atoms with Crippen molar-refractivity contribution >= 4 is 44.8 Å². The van der Waals surface area contributed by atoms with Gasteiger partial charge in [-0.2, -0.15) is 0 Å². The van der Waals surface area contributed by atoms with E-state index in [2.05, 4.69) is 15.6 Å². The van der Waals surface area contributed by atoms with Gasteiger partial charge in [-0.25, -0.2) is 18.1 Å². The lowest BCUT2D eigenvalue weighted by molar-refractivity contribution is -0.141. The van der Waals surface area contributed by atoms with Gasteiger partial charge in [0.25, 0.3) is 21.8 Å². The first-order valence-corrected chi connectivity index (χ1v) is 17.9. The van der Waals surface area contributed by atoms with E-state index in [-0.39, 0.29) is 33.7 Å². The second-order valence-electron chi connectivity index (χ2n) is 13.0. The standard InChI is InChI=1S/C36H41N5O8S/c1-21(2)29(31(42)35-37-26-13-8-9-15-28(26)49-35)38-34(45)27-14-10-20-41(27)36(46)30(22(3)4)39-32(43)23-16-18-24(19-17-23)33(44)40-50(47,48)25-11-6-5-7-12-25/h5-9,11-13,15-19,21-22,27,29-31,42H,10,14,20H2,1-4H3,(H,38,45)(H,39,43)(H,40,44)/t27-,29-,30-,31?/m0/s1. The molecule has 1 unspecified atom stereocenters. The number of aromatic nitrogens is 1. The number of likely N-dealkylation sites (tertiary alicyclic amines) is 1. The first-order chi connectivity index (χ1) is 23.8. The van der Waals surface area contributed by atoms with Crippen LogP contribution in [0.4, 0.5) is 0 Å². The number of hydrogen-bond acceptors (Lipinski definition) is 9. The Kier molecular flexibility index (Phi) is 11.0. The van der Waals surface area contributed by atoms with Gasteiger partial charge >= 0.3 is 0 Å². The number of nitrogens with one attached hydrogen (secondary N) is 3. The molecule has 0 radical (unpaired) electrons. The van der Waals surface area contributed by atoms with E-state index in [4.69, 9.17) is 4.42 Å². The van der Waals surface area contributed by atoms with Crippen LogP contribution in [0.2, 0.25) is 0 Å². The van der Waals surface area contributed by atoms with Crippen LogP contribution < -0.4 is 15.4 Å². The Hall–Kier alpha value is -5.08. The molecule has 4 amide bonds. The fourth-order valence-corrected chi connectivity index (χ4v) is 6.87. The Morgan fingerprint density at radius 2 is 1.46 bits per heavy atom. The van der Waals surface area contributed by atoms with Gasteiger partial charge in [0.2, 0.25) is 17.7 Å². The van der Waals surface area contributed by atoms with E-state index in [1.54, 1.807) is 38.1 Å². The summed E-state index contributed by atoms with van der Waals surface area (Å²) in [7, 11) is -4.09. The number of benzene rings is 3. The summed E-state index contributed by atoms with van der Waals surface area (Å²) < 4.78 is 32.8. The quantitative estimate of drug-likeness (QED) is 0.171. The Bertz CT molecular complexity index is 1930. The maximum atomic E-state index is 13.9. The van der Waals surface area contributed by atoms with Crippen LogP contribution in [0.3, 0.4) is 0 Å². The Morgan fingerprint density at radius 3 is 2.08 bits per heavy atom. The third-order valence-electron chi connectivity index (χ3n) is 8.68. The number of nitrogens with zero attached hydrogens (tertiary/aromatic N) is 2. The molecule has 3 aromatic carbocycles. The number of carbonyl (C=O) groups excluding carboxylic acids is 4. The molecule has 2 heterocycles. The van der Waals surface area contributed by atoms with Gasteiger partial charge in [0.15, 0.2) is 11.7 Å². The van der Waals surface area contributed by atoms with Gasteiger partial charge in [0, 0.05) is 17.7 Å². The van der Waals surface area contributed by atoms with E-state index < -0.39 is 57.9 Å². The summed E-state index contributed by atoms with van der Waals surface area (Å²) in [6, 6.07) is 17.4. The van der Waals surface area contributed by atoms with Crippen molar-refractivity contribution in [1.82, 2.24) is 25.2 Å². The number of hydrogen-bond donors (Lipinski definition) is 4. The van der Waals surface area contributed by atoms with E-state index in [9.17, 15) is 32.7 Å². The number of oxazole rings is 1. The molecule has 264 valence electrons. The van der Waals surface area contributed by atoms with E-state index in [1.807, 2.05) is 24.6 Å². The molecule has 0 bridgehead atoms. The van der Waals surface area contributed by atoms with Crippen LogP contribution in [0.25, 0.3) is 11.1 Å². The molecule has 0 spiro atoms.